The summed E-state index contributed by atoms with van der Waals surface area (Å²) >= 11 is 0. The number of guanidine groups is 1. The Hall–Kier alpha value is -4.97. The Labute approximate surface area is 298 Å². The Balaban J connectivity index is 6.11. The number of primary amides is 1. The molecule has 13 N–H and O–H groups in total. The molecule has 19 nitrogen and oxygen atoms in total. The first-order valence-corrected chi connectivity index (χ1v) is 16.9. The standard InChI is InChI=1S/C32H58N10O9/c1-15(2)14-23(17(5)27(47)39-22(11-12-24(44)45)29(49)38-18(6)26(33)46)41-31(51)25(16(3)4)42-30(50)21(10-9-13-36-32(34)35)40-28(48)19(7)37-20(8)43/h15-19,21-23,25H,9-14H2,1-8H3,(H2,33,46)(H,37,43)(H,38,49)(H,39,47)(H,40,48)(H,41,51)(H,42,50)(H,44,45)(H4,34,35,36)/t17-,18+,19+,21+,22+,23+,25+/m1/s1. The second-order valence-corrected chi connectivity index (χ2v) is 13.3. The van der Waals surface area contributed by atoms with Gasteiger partial charge in [-0.05, 0) is 51.4 Å². The molecule has 0 heterocycles. The van der Waals surface area contributed by atoms with Gasteiger partial charge >= 0.3 is 5.97 Å². The van der Waals surface area contributed by atoms with Crippen LogP contribution in [0.2, 0.25) is 0 Å². The highest BCUT2D eigenvalue weighted by atomic mass is 16.4. The number of nitrogens with zero attached hydrogens (tertiary/aromatic N) is 1. The van der Waals surface area contributed by atoms with Gasteiger partial charge in [-0.1, -0.05) is 34.6 Å². The van der Waals surface area contributed by atoms with E-state index in [1.54, 1.807) is 13.8 Å². The maximum absolute atomic E-state index is 13.7. The van der Waals surface area contributed by atoms with Crippen LogP contribution in [0, 0.1) is 17.8 Å². The number of nitrogens with one attached hydrogen (secondary N) is 6. The van der Waals surface area contributed by atoms with Gasteiger partial charge in [0.1, 0.15) is 30.2 Å². The Morgan fingerprint density at radius 3 is 1.69 bits per heavy atom. The molecule has 0 rings (SSSR count). The Morgan fingerprint density at radius 2 is 1.20 bits per heavy atom. The van der Waals surface area contributed by atoms with E-state index in [0.29, 0.717) is 12.8 Å². The fourth-order valence-corrected chi connectivity index (χ4v) is 4.80. The van der Waals surface area contributed by atoms with Crippen molar-refractivity contribution in [3.8, 4) is 0 Å². The third-order valence-electron chi connectivity index (χ3n) is 7.77. The SMILES string of the molecule is CC(=O)N[C@@H](C)C(=O)N[C@@H](CCCN=C(N)N)C(=O)N[C@H](C(=O)N[C@@H](CC(C)C)[C@@H](C)C(=O)N[C@@H](CCC(=O)O)C(=O)N[C@@H](C)C(N)=O)C(C)C. The molecule has 7 amide bonds. The number of rotatable bonds is 23. The van der Waals surface area contributed by atoms with Crippen molar-refractivity contribution >= 4 is 53.3 Å². The van der Waals surface area contributed by atoms with Crippen molar-refractivity contribution in [2.75, 3.05) is 6.54 Å². The van der Waals surface area contributed by atoms with E-state index in [4.69, 9.17) is 22.3 Å². The molecule has 0 radical (unpaired) electrons. The number of carboxylic acid groups (broad SMARTS) is 1. The van der Waals surface area contributed by atoms with E-state index in [1.165, 1.54) is 27.7 Å². The molecule has 0 aromatic rings. The van der Waals surface area contributed by atoms with Crippen molar-refractivity contribution in [3.05, 3.63) is 0 Å². The van der Waals surface area contributed by atoms with Crippen LogP contribution < -0.4 is 49.1 Å². The van der Waals surface area contributed by atoms with Crippen LogP contribution in [0.5, 0.6) is 0 Å². The number of nitrogens with two attached hydrogens (primary N) is 3. The largest absolute Gasteiger partial charge is 0.481 e. The molecule has 0 aliphatic heterocycles. The minimum Gasteiger partial charge on any atom is -0.481 e. The Kier molecular flexibility index (Phi) is 20.5. The van der Waals surface area contributed by atoms with E-state index < -0.39 is 102 Å². The van der Waals surface area contributed by atoms with Crippen LogP contribution in [0.3, 0.4) is 0 Å². The number of carboxylic acids is 1. The van der Waals surface area contributed by atoms with Crippen LogP contribution in [0.15, 0.2) is 4.99 Å². The van der Waals surface area contributed by atoms with Gasteiger partial charge < -0.3 is 54.2 Å². The minimum atomic E-state index is -1.32. The highest BCUT2D eigenvalue weighted by Crippen LogP contribution is 2.16. The summed E-state index contributed by atoms with van der Waals surface area (Å²) < 4.78 is 0. The highest BCUT2D eigenvalue weighted by Gasteiger charge is 2.34. The maximum atomic E-state index is 13.7. The monoisotopic (exact) mass is 726 g/mol. The van der Waals surface area contributed by atoms with Gasteiger partial charge in [0.15, 0.2) is 5.96 Å². The summed E-state index contributed by atoms with van der Waals surface area (Å²) in [6, 6.07) is -6.39. The molecule has 0 bridgehead atoms. The molecule has 0 aromatic heterocycles. The zero-order chi connectivity index (χ0) is 39.6. The minimum absolute atomic E-state index is 0.0180. The van der Waals surface area contributed by atoms with Gasteiger partial charge in [-0.25, -0.2) is 0 Å². The van der Waals surface area contributed by atoms with Gasteiger partial charge in [0.2, 0.25) is 41.4 Å². The van der Waals surface area contributed by atoms with Gasteiger partial charge in [-0.15, -0.1) is 0 Å². The van der Waals surface area contributed by atoms with Crippen LogP contribution in [0.4, 0.5) is 0 Å². The molecule has 19 heteroatoms. The van der Waals surface area contributed by atoms with Gasteiger partial charge in [0, 0.05) is 25.9 Å². The fourth-order valence-electron chi connectivity index (χ4n) is 4.80. The summed E-state index contributed by atoms with van der Waals surface area (Å²) in [5.74, 6) is -7.43. The normalized spacial score (nSPS) is 15.1. The molecule has 0 aliphatic carbocycles. The predicted molar refractivity (Wildman–Crippen MR) is 188 cm³/mol. The average Bonchev–Trinajstić information content (AvgIpc) is 3.00. The highest BCUT2D eigenvalue weighted by molar-refractivity contribution is 5.95. The van der Waals surface area contributed by atoms with Crippen molar-refractivity contribution in [1.82, 2.24) is 31.9 Å². The van der Waals surface area contributed by atoms with E-state index in [0.717, 1.165) is 0 Å². The average molecular weight is 727 g/mol. The molecular weight excluding hydrogens is 668 g/mol. The van der Waals surface area contributed by atoms with E-state index >= 15 is 0 Å². The molecule has 0 unspecified atom stereocenters. The molecule has 0 saturated carbocycles. The van der Waals surface area contributed by atoms with Crippen LogP contribution in [0.25, 0.3) is 0 Å². The van der Waals surface area contributed by atoms with E-state index in [9.17, 15) is 38.4 Å². The van der Waals surface area contributed by atoms with Gasteiger partial charge in [-0.3, -0.25) is 43.3 Å². The van der Waals surface area contributed by atoms with Gasteiger partial charge in [-0.2, -0.15) is 0 Å². The second kappa shape index (κ2) is 22.7. The summed E-state index contributed by atoms with van der Waals surface area (Å²) in [4.78, 5) is 104. The van der Waals surface area contributed by atoms with E-state index in [-0.39, 0.29) is 31.3 Å². The van der Waals surface area contributed by atoms with Crippen LogP contribution in [-0.4, -0.2) is 101 Å². The first-order chi connectivity index (χ1) is 23.6. The molecule has 0 spiro atoms. The van der Waals surface area contributed by atoms with Crippen molar-refractivity contribution < 1.29 is 43.5 Å². The lowest BCUT2D eigenvalue weighted by Crippen LogP contribution is -2.59. The smallest absolute Gasteiger partial charge is 0.303 e. The lowest BCUT2D eigenvalue weighted by Gasteiger charge is -2.31. The number of aliphatic imine (C=N–C) groups is 1. The Bertz CT molecular complexity index is 1270. The van der Waals surface area contributed by atoms with Crippen molar-refractivity contribution in [2.24, 2.45) is 39.9 Å². The van der Waals surface area contributed by atoms with Crippen molar-refractivity contribution in [1.29, 1.82) is 0 Å². The summed E-state index contributed by atoms with van der Waals surface area (Å²) in [5, 5.41) is 24.6. The summed E-state index contributed by atoms with van der Waals surface area (Å²) in [6.07, 6.45) is -0.0359. The lowest BCUT2D eigenvalue weighted by molar-refractivity contribution is -0.139. The predicted octanol–water partition coefficient (Wildman–Crippen LogP) is -2.30. The quantitative estimate of drug-likeness (QED) is 0.0303. The van der Waals surface area contributed by atoms with Gasteiger partial charge in [0.05, 0.1) is 5.92 Å². The molecule has 290 valence electrons. The third kappa shape index (κ3) is 18.6. The molecule has 0 aromatic carbocycles. The summed E-state index contributed by atoms with van der Waals surface area (Å²) in [5.41, 5.74) is 16.0. The van der Waals surface area contributed by atoms with Crippen LogP contribution >= 0.6 is 0 Å². The number of aliphatic carboxylic acids is 1. The van der Waals surface area contributed by atoms with Crippen molar-refractivity contribution in [3.63, 3.8) is 0 Å². The second-order valence-electron chi connectivity index (χ2n) is 13.3. The fraction of sp³-hybridized carbons (Fsp3) is 0.719. The summed E-state index contributed by atoms with van der Waals surface area (Å²) in [7, 11) is 0. The number of hydrogen-bond donors (Lipinski definition) is 10. The van der Waals surface area contributed by atoms with Crippen LogP contribution in [0.1, 0.15) is 87.5 Å². The molecule has 7 atom stereocenters. The molecular formula is C32H58N10O9. The maximum Gasteiger partial charge on any atom is 0.303 e. The molecule has 0 aliphatic rings. The topological polar surface area (TPSA) is 319 Å². The van der Waals surface area contributed by atoms with Gasteiger partial charge in [0.25, 0.3) is 0 Å². The summed E-state index contributed by atoms with van der Waals surface area (Å²) in [6.45, 7) is 12.9. The van der Waals surface area contributed by atoms with Crippen LogP contribution in [-0.2, 0) is 38.4 Å². The molecule has 0 fully saturated rings. The van der Waals surface area contributed by atoms with Crippen molar-refractivity contribution in [2.45, 2.75) is 124 Å². The van der Waals surface area contributed by atoms with E-state index in [1.807, 2.05) is 13.8 Å². The number of hydrogen-bond acceptors (Lipinski definition) is 9. The zero-order valence-corrected chi connectivity index (χ0v) is 30.8. The first kappa shape index (κ1) is 46.0. The van der Waals surface area contributed by atoms with E-state index in [2.05, 4.69) is 36.9 Å². The third-order valence-corrected chi connectivity index (χ3v) is 7.77. The number of carbonyl (C=O) groups excluding carboxylic acids is 7. The zero-order valence-electron chi connectivity index (χ0n) is 30.8. The lowest BCUT2D eigenvalue weighted by atomic mass is 9.91. The molecule has 51 heavy (non-hydrogen) atoms. The molecule has 0 saturated heterocycles. The Morgan fingerprint density at radius 1 is 0.647 bits per heavy atom. The number of carbonyl (C=O) groups is 8. The number of amides is 7. The first-order valence-electron chi connectivity index (χ1n) is 16.9.